The first kappa shape index (κ1) is 22.5. The maximum atomic E-state index is 12.7. The molecule has 0 atom stereocenters. The van der Waals surface area contributed by atoms with Crippen LogP contribution < -0.4 is 9.64 Å². The summed E-state index contributed by atoms with van der Waals surface area (Å²) in [5, 5.41) is 15.1. The summed E-state index contributed by atoms with van der Waals surface area (Å²) >= 11 is 0. The zero-order valence-corrected chi connectivity index (χ0v) is 17.6. The number of hydrogen-bond acceptors (Lipinski definition) is 7. The average Bonchev–Trinajstić information content (AvgIpc) is 3.23. The van der Waals surface area contributed by atoms with E-state index in [4.69, 9.17) is 9.47 Å². The van der Waals surface area contributed by atoms with Crippen LogP contribution in [-0.4, -0.2) is 46.3 Å². The molecule has 0 bridgehead atoms. The van der Waals surface area contributed by atoms with Gasteiger partial charge in [0.05, 0.1) is 23.4 Å². The van der Waals surface area contributed by atoms with Crippen LogP contribution in [0.15, 0.2) is 60.8 Å². The number of nitro groups is 1. The van der Waals surface area contributed by atoms with Crippen molar-refractivity contribution in [1.29, 1.82) is 0 Å². The Morgan fingerprint density at radius 3 is 2.38 bits per heavy atom. The van der Waals surface area contributed by atoms with Crippen LogP contribution in [0, 0.1) is 10.1 Å². The second-order valence-corrected chi connectivity index (χ2v) is 6.54. The van der Waals surface area contributed by atoms with Crippen molar-refractivity contribution in [3.8, 4) is 11.4 Å². The number of benzene rings is 2. The van der Waals surface area contributed by atoms with E-state index >= 15 is 0 Å². The molecular formula is C22H22N4O6. The van der Waals surface area contributed by atoms with Crippen molar-refractivity contribution in [2.45, 2.75) is 13.8 Å². The molecule has 0 aliphatic rings. The molecule has 1 amide bonds. The van der Waals surface area contributed by atoms with Crippen molar-refractivity contribution in [3.63, 3.8) is 0 Å². The van der Waals surface area contributed by atoms with Gasteiger partial charge >= 0.3 is 5.97 Å². The third-order valence-corrected chi connectivity index (χ3v) is 4.51. The van der Waals surface area contributed by atoms with E-state index in [1.165, 1.54) is 35.1 Å². The number of hydrogen-bond donors (Lipinski definition) is 0. The summed E-state index contributed by atoms with van der Waals surface area (Å²) in [6, 6.07) is 14.8. The Balaban J connectivity index is 1.83. The van der Waals surface area contributed by atoms with Gasteiger partial charge in [0, 0.05) is 24.4 Å². The van der Waals surface area contributed by atoms with E-state index in [2.05, 4.69) is 5.10 Å². The number of anilines is 1. The van der Waals surface area contributed by atoms with Crippen LogP contribution in [0.5, 0.6) is 5.75 Å². The van der Waals surface area contributed by atoms with Gasteiger partial charge in [0.1, 0.15) is 0 Å². The van der Waals surface area contributed by atoms with Crippen LogP contribution in [0.2, 0.25) is 0 Å². The molecule has 1 heterocycles. The highest BCUT2D eigenvalue weighted by Crippen LogP contribution is 2.23. The third kappa shape index (κ3) is 5.09. The average molecular weight is 438 g/mol. The lowest BCUT2D eigenvalue weighted by Crippen LogP contribution is -2.34. The Hall–Kier alpha value is -4.21. The molecule has 0 N–H and O–H groups in total. The van der Waals surface area contributed by atoms with E-state index in [0.717, 1.165) is 5.69 Å². The zero-order valence-electron chi connectivity index (χ0n) is 17.6. The van der Waals surface area contributed by atoms with E-state index in [9.17, 15) is 19.7 Å². The highest BCUT2D eigenvalue weighted by atomic mass is 16.6. The summed E-state index contributed by atoms with van der Waals surface area (Å²) < 4.78 is 12.0. The molecule has 0 unspecified atom stereocenters. The van der Waals surface area contributed by atoms with Gasteiger partial charge in [-0.1, -0.05) is 18.2 Å². The zero-order chi connectivity index (χ0) is 23.1. The largest absolute Gasteiger partial charge is 0.479 e. The van der Waals surface area contributed by atoms with Crippen LogP contribution in [0.3, 0.4) is 0 Å². The number of esters is 1. The van der Waals surface area contributed by atoms with Crippen molar-refractivity contribution in [3.05, 3.63) is 76.6 Å². The molecule has 0 radical (unpaired) electrons. The summed E-state index contributed by atoms with van der Waals surface area (Å²) in [6.07, 6.45) is 1.43. The highest BCUT2D eigenvalue weighted by Gasteiger charge is 2.22. The van der Waals surface area contributed by atoms with Crippen LogP contribution >= 0.6 is 0 Å². The molecule has 10 heteroatoms. The normalized spacial score (nSPS) is 10.4. The maximum absolute atomic E-state index is 12.7. The molecule has 0 saturated heterocycles. The molecule has 0 spiro atoms. The minimum absolute atomic E-state index is 0.0688. The lowest BCUT2D eigenvalue weighted by Gasteiger charge is -2.20. The molecule has 3 rings (SSSR count). The molecule has 32 heavy (non-hydrogen) atoms. The number of likely N-dealkylation sites (N-methyl/N-ethyl adjacent to an activating group) is 1. The SMILES string of the molecule is CCOC(=O)c1nn(-c2ccc([N+](=O)[O-])cc2)cc1OCC(=O)N(CC)c1ccccc1. The molecule has 166 valence electrons. The number of non-ortho nitro benzene ring substituents is 1. The first-order valence-electron chi connectivity index (χ1n) is 9.94. The van der Waals surface area contributed by atoms with E-state index in [1.807, 2.05) is 37.3 Å². The van der Waals surface area contributed by atoms with Crippen molar-refractivity contribution < 1.29 is 24.0 Å². The molecule has 10 nitrogen and oxygen atoms in total. The fraction of sp³-hybridized carbons (Fsp3) is 0.227. The standard InChI is InChI=1S/C22H22N4O6/c1-3-24(16-8-6-5-7-9-16)20(27)15-32-19-14-25(23-21(19)22(28)31-4-2)17-10-12-18(13-11-17)26(29)30/h5-14H,3-4,15H2,1-2H3. The van der Waals surface area contributed by atoms with Gasteiger partial charge in [-0.15, -0.1) is 0 Å². The highest BCUT2D eigenvalue weighted by molar-refractivity contribution is 5.95. The Morgan fingerprint density at radius 2 is 1.78 bits per heavy atom. The van der Waals surface area contributed by atoms with Gasteiger partial charge in [-0.05, 0) is 38.1 Å². The number of rotatable bonds is 9. The monoisotopic (exact) mass is 438 g/mol. The molecule has 3 aromatic rings. The number of carbonyl (C=O) groups excluding carboxylic acids is 2. The van der Waals surface area contributed by atoms with Gasteiger partial charge in [0.25, 0.3) is 11.6 Å². The Labute approximate surface area is 184 Å². The van der Waals surface area contributed by atoms with Gasteiger partial charge < -0.3 is 14.4 Å². The topological polar surface area (TPSA) is 117 Å². The van der Waals surface area contributed by atoms with Crippen molar-refractivity contribution >= 4 is 23.3 Å². The number of nitrogens with zero attached hydrogens (tertiary/aromatic N) is 4. The van der Waals surface area contributed by atoms with Gasteiger partial charge in [-0.2, -0.15) is 5.10 Å². The summed E-state index contributed by atoms with van der Waals surface area (Å²) in [5.41, 5.74) is 1.03. The summed E-state index contributed by atoms with van der Waals surface area (Å²) in [6.45, 7) is 3.77. The molecule has 0 saturated carbocycles. The summed E-state index contributed by atoms with van der Waals surface area (Å²) in [4.78, 5) is 37.0. The number of amides is 1. The second-order valence-electron chi connectivity index (χ2n) is 6.54. The predicted molar refractivity (Wildman–Crippen MR) is 116 cm³/mol. The molecule has 1 aromatic heterocycles. The molecule has 2 aromatic carbocycles. The fourth-order valence-corrected chi connectivity index (χ4v) is 2.99. The molecule has 0 aliphatic carbocycles. The van der Waals surface area contributed by atoms with Crippen LogP contribution in [-0.2, 0) is 9.53 Å². The molecule has 0 aliphatic heterocycles. The molecular weight excluding hydrogens is 416 g/mol. The van der Waals surface area contributed by atoms with Crippen LogP contribution in [0.4, 0.5) is 11.4 Å². The molecule has 0 fully saturated rings. The predicted octanol–water partition coefficient (Wildman–Crippen LogP) is 3.39. The van der Waals surface area contributed by atoms with Gasteiger partial charge in [0.2, 0.25) is 5.69 Å². The maximum Gasteiger partial charge on any atom is 0.362 e. The number of aromatic nitrogens is 2. The Morgan fingerprint density at radius 1 is 1.09 bits per heavy atom. The van der Waals surface area contributed by atoms with Gasteiger partial charge in [0.15, 0.2) is 12.4 Å². The quantitative estimate of drug-likeness (QED) is 0.285. The third-order valence-electron chi connectivity index (χ3n) is 4.51. The Kier molecular flexibility index (Phi) is 7.17. The van der Waals surface area contributed by atoms with Gasteiger partial charge in [-0.25, -0.2) is 9.48 Å². The van der Waals surface area contributed by atoms with Crippen molar-refractivity contribution in [1.82, 2.24) is 9.78 Å². The number of para-hydroxylation sites is 1. The minimum atomic E-state index is -0.703. The Bertz CT molecular complexity index is 1100. The lowest BCUT2D eigenvalue weighted by molar-refractivity contribution is -0.384. The smallest absolute Gasteiger partial charge is 0.362 e. The lowest BCUT2D eigenvalue weighted by atomic mass is 10.3. The van der Waals surface area contributed by atoms with E-state index in [0.29, 0.717) is 12.2 Å². The van der Waals surface area contributed by atoms with Crippen LogP contribution in [0.1, 0.15) is 24.3 Å². The van der Waals surface area contributed by atoms with E-state index in [1.54, 1.807) is 11.8 Å². The summed E-state index contributed by atoms with van der Waals surface area (Å²) in [5.74, 6) is -0.929. The van der Waals surface area contributed by atoms with Crippen molar-refractivity contribution in [2.75, 3.05) is 24.7 Å². The van der Waals surface area contributed by atoms with Gasteiger partial charge in [-0.3, -0.25) is 14.9 Å². The second kappa shape index (κ2) is 10.2. The van der Waals surface area contributed by atoms with Crippen molar-refractivity contribution in [2.24, 2.45) is 0 Å². The number of ether oxygens (including phenoxy) is 2. The van der Waals surface area contributed by atoms with E-state index in [-0.39, 0.29) is 36.3 Å². The first-order valence-corrected chi connectivity index (χ1v) is 9.94. The summed E-state index contributed by atoms with van der Waals surface area (Å²) in [7, 11) is 0. The van der Waals surface area contributed by atoms with E-state index < -0.39 is 10.9 Å². The first-order chi connectivity index (χ1) is 15.4. The number of nitro benzene ring substituents is 1. The minimum Gasteiger partial charge on any atom is -0.479 e. The fourth-order valence-electron chi connectivity index (χ4n) is 2.99. The number of carbonyl (C=O) groups is 2. The van der Waals surface area contributed by atoms with Crippen LogP contribution in [0.25, 0.3) is 5.69 Å².